The highest BCUT2D eigenvalue weighted by molar-refractivity contribution is 5.33. The Kier molecular flexibility index (Phi) is 5.28. The van der Waals surface area contributed by atoms with Crippen LogP contribution >= 0.6 is 0 Å². The molecule has 1 atom stereocenters. The lowest BCUT2D eigenvalue weighted by Gasteiger charge is -2.16. The van der Waals surface area contributed by atoms with Crippen LogP contribution in [0.25, 0.3) is 0 Å². The topological polar surface area (TPSA) is 21.3 Å². The number of halogens is 2. The molecule has 0 aliphatic heterocycles. The van der Waals surface area contributed by atoms with Crippen LogP contribution in [0.1, 0.15) is 31.0 Å². The Morgan fingerprint density at radius 2 is 1.86 bits per heavy atom. The first-order valence-corrected chi connectivity index (χ1v) is 7.01. The van der Waals surface area contributed by atoms with Crippen molar-refractivity contribution in [2.45, 2.75) is 26.4 Å². The van der Waals surface area contributed by atoms with Crippen molar-refractivity contribution in [3.63, 3.8) is 0 Å². The van der Waals surface area contributed by atoms with E-state index in [4.69, 9.17) is 4.74 Å². The van der Waals surface area contributed by atoms with Crippen LogP contribution in [0.2, 0.25) is 0 Å². The Bertz CT molecular complexity index is 601. The highest BCUT2D eigenvalue weighted by Gasteiger charge is 2.10. The number of benzene rings is 2. The van der Waals surface area contributed by atoms with E-state index in [1.807, 2.05) is 38.1 Å². The van der Waals surface area contributed by atoms with E-state index in [1.165, 1.54) is 6.07 Å². The van der Waals surface area contributed by atoms with Crippen LogP contribution in [0.3, 0.4) is 0 Å². The van der Waals surface area contributed by atoms with Crippen molar-refractivity contribution >= 4 is 0 Å². The fourth-order valence-corrected chi connectivity index (χ4v) is 2.11. The van der Waals surface area contributed by atoms with Gasteiger partial charge in [-0.25, -0.2) is 8.78 Å². The van der Waals surface area contributed by atoms with Gasteiger partial charge in [0.05, 0.1) is 6.61 Å². The molecule has 0 spiro atoms. The summed E-state index contributed by atoms with van der Waals surface area (Å²) in [7, 11) is 0. The molecule has 0 amide bonds. The summed E-state index contributed by atoms with van der Waals surface area (Å²) in [6, 6.07) is 11.6. The lowest BCUT2D eigenvalue weighted by Crippen LogP contribution is -2.18. The monoisotopic (exact) mass is 291 g/mol. The zero-order valence-corrected chi connectivity index (χ0v) is 12.2. The zero-order chi connectivity index (χ0) is 15.2. The van der Waals surface area contributed by atoms with Crippen molar-refractivity contribution in [2.75, 3.05) is 6.61 Å². The molecular weight excluding hydrogens is 272 g/mol. The smallest absolute Gasteiger partial charge is 0.159 e. The third-order valence-corrected chi connectivity index (χ3v) is 3.31. The van der Waals surface area contributed by atoms with E-state index < -0.39 is 11.6 Å². The predicted molar refractivity (Wildman–Crippen MR) is 79.2 cm³/mol. The molecule has 1 N–H and O–H groups in total. The molecule has 0 heterocycles. The quantitative estimate of drug-likeness (QED) is 0.860. The van der Waals surface area contributed by atoms with Crippen LogP contribution in [0, 0.1) is 11.6 Å². The van der Waals surface area contributed by atoms with Crippen LogP contribution in [0.4, 0.5) is 8.78 Å². The summed E-state index contributed by atoms with van der Waals surface area (Å²) in [5.74, 6) is -0.812. The van der Waals surface area contributed by atoms with Crippen molar-refractivity contribution in [3.8, 4) is 5.75 Å². The number of rotatable bonds is 6. The van der Waals surface area contributed by atoms with Gasteiger partial charge >= 0.3 is 0 Å². The Morgan fingerprint density at radius 1 is 1.10 bits per heavy atom. The van der Waals surface area contributed by atoms with E-state index in [0.29, 0.717) is 18.7 Å². The molecule has 0 aliphatic rings. The number of nitrogens with one attached hydrogen (secondary N) is 1. The minimum absolute atomic E-state index is 0.0882. The molecule has 2 rings (SSSR count). The van der Waals surface area contributed by atoms with Gasteiger partial charge in [0.2, 0.25) is 0 Å². The van der Waals surface area contributed by atoms with E-state index in [0.717, 1.165) is 17.4 Å². The highest BCUT2D eigenvalue weighted by atomic mass is 19.2. The molecule has 21 heavy (non-hydrogen) atoms. The van der Waals surface area contributed by atoms with Crippen LogP contribution in [-0.2, 0) is 6.54 Å². The number of hydrogen-bond acceptors (Lipinski definition) is 2. The summed E-state index contributed by atoms with van der Waals surface area (Å²) < 4.78 is 31.7. The van der Waals surface area contributed by atoms with Crippen molar-refractivity contribution < 1.29 is 13.5 Å². The lowest BCUT2D eigenvalue weighted by atomic mass is 10.1. The van der Waals surface area contributed by atoms with Crippen LogP contribution in [0.5, 0.6) is 5.75 Å². The Hall–Kier alpha value is -1.94. The molecule has 2 nitrogen and oxygen atoms in total. The average Bonchev–Trinajstić information content (AvgIpc) is 2.49. The second-order valence-electron chi connectivity index (χ2n) is 4.82. The number of para-hydroxylation sites is 1. The van der Waals surface area contributed by atoms with Gasteiger partial charge in [-0.1, -0.05) is 24.3 Å². The van der Waals surface area contributed by atoms with E-state index in [-0.39, 0.29) is 6.04 Å². The predicted octanol–water partition coefficient (Wildman–Crippen LogP) is 4.21. The van der Waals surface area contributed by atoms with E-state index in [2.05, 4.69) is 5.32 Å². The molecule has 0 radical (unpaired) electrons. The first-order valence-electron chi connectivity index (χ1n) is 7.01. The molecule has 112 valence electrons. The molecule has 0 aromatic heterocycles. The van der Waals surface area contributed by atoms with Crippen molar-refractivity contribution in [3.05, 3.63) is 65.2 Å². The second kappa shape index (κ2) is 7.18. The highest BCUT2D eigenvalue weighted by Crippen LogP contribution is 2.20. The van der Waals surface area contributed by atoms with Gasteiger partial charge in [0, 0.05) is 18.2 Å². The molecule has 2 aromatic rings. The van der Waals surface area contributed by atoms with Crippen LogP contribution in [-0.4, -0.2) is 6.61 Å². The molecule has 0 saturated carbocycles. The molecule has 0 saturated heterocycles. The summed E-state index contributed by atoms with van der Waals surface area (Å²) in [6.07, 6.45) is 0. The van der Waals surface area contributed by atoms with Gasteiger partial charge in [0.1, 0.15) is 5.75 Å². The van der Waals surface area contributed by atoms with Gasteiger partial charge in [0.25, 0.3) is 0 Å². The Balaban J connectivity index is 2.03. The fraction of sp³-hybridized carbons (Fsp3) is 0.294. The first-order chi connectivity index (χ1) is 10.1. The summed E-state index contributed by atoms with van der Waals surface area (Å²) >= 11 is 0. The maximum Gasteiger partial charge on any atom is 0.159 e. The first kappa shape index (κ1) is 15.4. The van der Waals surface area contributed by atoms with E-state index in [9.17, 15) is 8.78 Å². The minimum atomic E-state index is -0.826. The number of ether oxygens (including phenoxy) is 1. The SMILES string of the molecule is CCOc1ccccc1CNC(C)c1ccc(F)c(F)c1. The molecular formula is C17H19F2NO. The summed E-state index contributed by atoms with van der Waals surface area (Å²) in [5.41, 5.74) is 1.75. The molecule has 0 aliphatic carbocycles. The van der Waals surface area contributed by atoms with Crippen molar-refractivity contribution in [1.82, 2.24) is 5.32 Å². The molecule has 0 fully saturated rings. The maximum atomic E-state index is 13.2. The largest absolute Gasteiger partial charge is 0.494 e. The molecule has 2 aromatic carbocycles. The summed E-state index contributed by atoms with van der Waals surface area (Å²) in [5, 5.41) is 3.29. The van der Waals surface area contributed by atoms with E-state index >= 15 is 0 Å². The number of hydrogen-bond donors (Lipinski definition) is 1. The van der Waals surface area contributed by atoms with Gasteiger partial charge in [-0.05, 0) is 37.6 Å². The van der Waals surface area contributed by atoms with Gasteiger partial charge in [0.15, 0.2) is 11.6 Å². The van der Waals surface area contributed by atoms with Gasteiger partial charge < -0.3 is 10.1 Å². The lowest BCUT2D eigenvalue weighted by molar-refractivity contribution is 0.335. The fourth-order valence-electron chi connectivity index (χ4n) is 2.11. The van der Waals surface area contributed by atoms with Crippen molar-refractivity contribution in [2.24, 2.45) is 0 Å². The third-order valence-electron chi connectivity index (χ3n) is 3.31. The normalized spacial score (nSPS) is 12.2. The van der Waals surface area contributed by atoms with Gasteiger partial charge in [-0.2, -0.15) is 0 Å². The van der Waals surface area contributed by atoms with Gasteiger partial charge in [-0.15, -0.1) is 0 Å². The Labute approximate surface area is 123 Å². The minimum Gasteiger partial charge on any atom is -0.494 e. The second-order valence-corrected chi connectivity index (χ2v) is 4.82. The standard InChI is InChI=1S/C17H19F2NO/c1-3-21-17-7-5-4-6-14(17)11-20-12(2)13-8-9-15(18)16(19)10-13/h4-10,12,20H,3,11H2,1-2H3. The van der Waals surface area contributed by atoms with Crippen LogP contribution in [0.15, 0.2) is 42.5 Å². The summed E-state index contributed by atoms with van der Waals surface area (Å²) in [6.45, 7) is 5.05. The Morgan fingerprint density at radius 3 is 2.57 bits per heavy atom. The summed E-state index contributed by atoms with van der Waals surface area (Å²) in [4.78, 5) is 0. The molecule has 1 unspecified atom stereocenters. The maximum absolute atomic E-state index is 13.2. The van der Waals surface area contributed by atoms with Crippen molar-refractivity contribution in [1.29, 1.82) is 0 Å². The van der Waals surface area contributed by atoms with Gasteiger partial charge in [-0.3, -0.25) is 0 Å². The molecule has 0 bridgehead atoms. The molecule has 4 heteroatoms. The van der Waals surface area contributed by atoms with E-state index in [1.54, 1.807) is 6.07 Å². The zero-order valence-electron chi connectivity index (χ0n) is 12.2. The third kappa shape index (κ3) is 4.02. The van der Waals surface area contributed by atoms with Crippen LogP contribution < -0.4 is 10.1 Å². The average molecular weight is 291 g/mol.